The summed E-state index contributed by atoms with van der Waals surface area (Å²) in [6.45, 7) is 6.17. The van der Waals surface area contributed by atoms with E-state index >= 15 is 0 Å². The monoisotopic (exact) mass is 457 g/mol. The summed E-state index contributed by atoms with van der Waals surface area (Å²) in [7, 11) is 5.79. The van der Waals surface area contributed by atoms with Gasteiger partial charge >= 0.3 is 0 Å². The molecule has 0 saturated carbocycles. The van der Waals surface area contributed by atoms with Crippen molar-refractivity contribution in [1.82, 2.24) is 5.43 Å². The van der Waals surface area contributed by atoms with Crippen molar-refractivity contribution < 1.29 is 4.79 Å². The highest BCUT2D eigenvalue weighted by atomic mass is 16.1. The molecule has 4 heteroatoms. The average Bonchev–Trinajstić information content (AvgIpc) is 2.92. The van der Waals surface area contributed by atoms with Crippen molar-refractivity contribution in [2.45, 2.75) is 13.8 Å². The molecule has 0 saturated heterocycles. The number of para-hydroxylation sites is 2. The van der Waals surface area contributed by atoms with Crippen LogP contribution in [-0.4, -0.2) is 27.9 Å². The molecule has 0 amide bonds. The minimum atomic E-state index is 1.16. The number of carbonyl (C=O) groups excluding carboxylic acids is 1. The van der Waals surface area contributed by atoms with E-state index in [1.54, 1.807) is 0 Å². The third-order valence-electron chi connectivity index (χ3n) is 4.42. The molecule has 4 nitrogen and oxygen atoms in total. The average molecular weight is 458 g/mol. The van der Waals surface area contributed by atoms with E-state index in [2.05, 4.69) is 61.0 Å². The maximum absolute atomic E-state index is 8.00. The van der Waals surface area contributed by atoms with Gasteiger partial charge in [-0.3, -0.25) is 0 Å². The molecule has 0 atom stereocenters. The second-order valence-corrected chi connectivity index (χ2v) is 7.04. The Hall–Kier alpha value is -3.89. The van der Waals surface area contributed by atoms with Crippen LogP contribution in [0, 0.1) is 13.8 Å². The first-order valence-corrected chi connectivity index (χ1v) is 11.1. The van der Waals surface area contributed by atoms with E-state index in [0.717, 1.165) is 5.69 Å². The van der Waals surface area contributed by atoms with Crippen molar-refractivity contribution in [3.8, 4) is 0 Å². The number of carbonyl (C=O) groups is 1. The molecular formula is C30H39N3O. The largest absolute Gasteiger partial charge is 0.388 e. The van der Waals surface area contributed by atoms with Crippen LogP contribution in [0.4, 0.5) is 11.4 Å². The Bertz CT molecular complexity index is 896. The van der Waals surface area contributed by atoms with Crippen LogP contribution in [0.3, 0.4) is 0 Å². The highest BCUT2D eigenvalue weighted by Crippen LogP contribution is 2.07. The molecule has 0 spiro atoms. The molecule has 0 fully saturated rings. The Morgan fingerprint density at radius 2 is 0.882 bits per heavy atom. The molecule has 34 heavy (non-hydrogen) atoms. The highest BCUT2D eigenvalue weighted by Gasteiger charge is 1.92. The molecular weight excluding hydrogens is 418 g/mol. The molecule has 180 valence electrons. The summed E-state index contributed by atoms with van der Waals surface area (Å²) in [6, 6.07) is 40.7. The topological polar surface area (TPSA) is 44.4 Å². The number of nitrogens with zero attached hydrogens (tertiary/aromatic N) is 1. The molecule has 0 aliphatic carbocycles. The van der Waals surface area contributed by atoms with E-state index < -0.39 is 0 Å². The van der Waals surface area contributed by atoms with Crippen LogP contribution in [0.15, 0.2) is 121 Å². The fraction of sp³-hybridized carbons (Fsp3) is 0.167. The molecule has 0 aliphatic rings. The van der Waals surface area contributed by atoms with E-state index in [9.17, 15) is 0 Å². The van der Waals surface area contributed by atoms with Gasteiger partial charge in [-0.05, 0) is 38.1 Å². The minimum Gasteiger partial charge on any atom is -0.388 e. The summed E-state index contributed by atoms with van der Waals surface area (Å²) < 4.78 is 0. The zero-order valence-corrected chi connectivity index (χ0v) is 21.1. The van der Waals surface area contributed by atoms with Gasteiger partial charge in [-0.1, -0.05) is 108 Å². The molecule has 0 aliphatic heterocycles. The normalized spacial score (nSPS) is 8.50. The quantitative estimate of drug-likeness (QED) is 0.332. The van der Waals surface area contributed by atoms with Gasteiger partial charge in [-0.15, -0.1) is 0 Å². The highest BCUT2D eigenvalue weighted by molar-refractivity contribution is 5.43. The van der Waals surface area contributed by atoms with E-state index in [-0.39, 0.29) is 0 Å². The van der Waals surface area contributed by atoms with Gasteiger partial charge in [-0.2, -0.15) is 0 Å². The molecule has 0 bridgehead atoms. The molecule has 4 aromatic rings. The zero-order valence-electron chi connectivity index (χ0n) is 21.1. The summed E-state index contributed by atoms with van der Waals surface area (Å²) in [5.41, 5.74) is 7.99. The van der Waals surface area contributed by atoms with Crippen molar-refractivity contribution in [2.24, 2.45) is 0 Å². The van der Waals surface area contributed by atoms with Gasteiger partial charge in [0, 0.05) is 26.8 Å². The van der Waals surface area contributed by atoms with E-state index in [0.29, 0.717) is 0 Å². The third kappa shape index (κ3) is 15.8. The molecule has 4 aromatic carbocycles. The second-order valence-electron chi connectivity index (χ2n) is 7.04. The molecule has 0 heterocycles. The number of hydrogen-bond acceptors (Lipinski definition) is 4. The molecule has 0 aromatic heterocycles. The smallest absolute Gasteiger partial charge is 0.106 e. The first-order valence-electron chi connectivity index (χ1n) is 11.1. The number of rotatable bonds is 3. The van der Waals surface area contributed by atoms with Gasteiger partial charge in [0.05, 0.1) is 5.69 Å². The van der Waals surface area contributed by atoms with E-state index in [1.165, 1.54) is 16.8 Å². The van der Waals surface area contributed by atoms with Crippen molar-refractivity contribution in [3.05, 3.63) is 132 Å². The van der Waals surface area contributed by atoms with Crippen LogP contribution >= 0.6 is 0 Å². The van der Waals surface area contributed by atoms with Crippen LogP contribution in [0.1, 0.15) is 11.1 Å². The Labute approximate surface area is 206 Å². The van der Waals surface area contributed by atoms with Gasteiger partial charge < -0.3 is 15.1 Å². The Balaban J connectivity index is 0.000000420. The molecule has 0 unspecified atom stereocenters. The van der Waals surface area contributed by atoms with Crippen LogP contribution in [0.5, 0.6) is 0 Å². The van der Waals surface area contributed by atoms with Gasteiger partial charge in [0.1, 0.15) is 6.79 Å². The standard InChI is InChI=1S/C8H12N2.C7H9N.2C7H8.CH2O/c1-9-10(2)8-6-4-3-5-7-8;1-8-7-5-3-2-4-6-7;2*1-7-5-3-2-4-6-7;1-2/h3-7,9H,1-2H3;2-6,8H,1H3;2*2-6H,1H3;1H2. The maximum Gasteiger partial charge on any atom is 0.106 e. The van der Waals surface area contributed by atoms with Crippen molar-refractivity contribution in [1.29, 1.82) is 0 Å². The number of hydrogen-bond donors (Lipinski definition) is 2. The molecule has 2 N–H and O–H groups in total. The van der Waals surface area contributed by atoms with Crippen LogP contribution in [-0.2, 0) is 4.79 Å². The Kier molecular flexibility index (Phi) is 18.6. The van der Waals surface area contributed by atoms with Gasteiger partial charge in [0.15, 0.2) is 0 Å². The second kappa shape index (κ2) is 21.0. The van der Waals surface area contributed by atoms with Gasteiger partial charge in [0.25, 0.3) is 0 Å². The lowest BCUT2D eigenvalue weighted by Crippen LogP contribution is -2.30. The predicted octanol–water partition coefficient (Wildman–Crippen LogP) is 6.79. The summed E-state index contributed by atoms with van der Waals surface area (Å²) in [5, 5.41) is 4.99. The summed E-state index contributed by atoms with van der Waals surface area (Å²) in [6.07, 6.45) is 0. The number of hydrazine groups is 1. The van der Waals surface area contributed by atoms with Gasteiger partial charge in [0.2, 0.25) is 0 Å². The minimum absolute atomic E-state index is 1.16. The fourth-order valence-corrected chi connectivity index (χ4v) is 2.45. The van der Waals surface area contributed by atoms with Gasteiger partial charge in [-0.25, -0.2) is 5.43 Å². The number of benzene rings is 4. The summed E-state index contributed by atoms with van der Waals surface area (Å²) in [4.78, 5) is 8.00. The summed E-state index contributed by atoms with van der Waals surface area (Å²) in [5.74, 6) is 0. The maximum atomic E-state index is 8.00. The SMILES string of the molecule is C=O.CNN(C)c1ccccc1.CNc1ccccc1.Cc1ccccc1.Cc1ccccc1. The van der Waals surface area contributed by atoms with Crippen molar-refractivity contribution in [2.75, 3.05) is 31.5 Å². The lowest BCUT2D eigenvalue weighted by molar-refractivity contribution is -0.0979. The third-order valence-corrected chi connectivity index (χ3v) is 4.42. The van der Waals surface area contributed by atoms with Crippen LogP contribution in [0.25, 0.3) is 0 Å². The lowest BCUT2D eigenvalue weighted by Gasteiger charge is -2.16. The number of anilines is 2. The van der Waals surface area contributed by atoms with E-state index in [1.807, 2.05) is 118 Å². The summed E-state index contributed by atoms with van der Waals surface area (Å²) >= 11 is 0. The predicted molar refractivity (Wildman–Crippen MR) is 149 cm³/mol. The molecule has 4 rings (SSSR count). The number of aryl methyl sites for hydroxylation is 2. The Morgan fingerprint density at radius 3 is 1.12 bits per heavy atom. The lowest BCUT2D eigenvalue weighted by atomic mass is 10.2. The zero-order chi connectivity index (χ0) is 25.4. The number of nitrogens with one attached hydrogen (secondary N) is 2. The van der Waals surface area contributed by atoms with E-state index in [4.69, 9.17) is 4.79 Å². The van der Waals surface area contributed by atoms with Crippen molar-refractivity contribution in [3.63, 3.8) is 0 Å². The first kappa shape index (κ1) is 30.1. The van der Waals surface area contributed by atoms with Crippen LogP contribution in [0.2, 0.25) is 0 Å². The van der Waals surface area contributed by atoms with Crippen molar-refractivity contribution >= 4 is 18.2 Å². The Morgan fingerprint density at radius 1 is 0.559 bits per heavy atom. The van der Waals surface area contributed by atoms with Crippen LogP contribution < -0.4 is 15.8 Å². The molecule has 0 radical (unpaired) electrons. The first-order chi connectivity index (χ1) is 16.6. The fourth-order valence-electron chi connectivity index (χ4n) is 2.45.